The molecule has 0 bridgehead atoms. The van der Waals surface area contributed by atoms with Crippen LogP contribution in [0.4, 0.5) is 0 Å². The molecule has 0 aromatic carbocycles. The number of rotatable bonds is 74. The summed E-state index contributed by atoms with van der Waals surface area (Å²) < 4.78 is 68.4. The van der Waals surface area contributed by atoms with Gasteiger partial charge in [0.1, 0.15) is 19.3 Å². The van der Waals surface area contributed by atoms with Crippen LogP contribution in [0, 0.1) is 0 Å². The van der Waals surface area contributed by atoms with Crippen LogP contribution in [0.15, 0.2) is 24.3 Å². The SMILES string of the molecule is CCCC/C=C\CCCCCCCC(=O)OC(COC(=O)CCCCCCC/C=C\CCCCCC)COP(=O)(O)OCC(O)COP(=O)(O)OCC(COC(=O)CCCCCCCCCCCCCCCCC)OC(=O)CCCCCCCCCCCCCCCCC. The van der Waals surface area contributed by atoms with Crippen LogP contribution in [0.3, 0.4) is 0 Å². The summed E-state index contributed by atoms with van der Waals surface area (Å²) in [6.45, 7) is 4.89. The topological polar surface area (TPSA) is 237 Å². The summed E-state index contributed by atoms with van der Waals surface area (Å²) in [5.41, 5.74) is 0. The summed E-state index contributed by atoms with van der Waals surface area (Å²) in [7, 11) is -9.92. The van der Waals surface area contributed by atoms with Crippen molar-refractivity contribution >= 4 is 39.5 Å². The zero-order valence-corrected chi connectivity index (χ0v) is 62.2. The number of ether oxygens (including phenoxy) is 4. The van der Waals surface area contributed by atoms with Gasteiger partial charge < -0.3 is 33.8 Å². The van der Waals surface area contributed by atoms with Gasteiger partial charge >= 0.3 is 39.5 Å². The number of allylic oxidation sites excluding steroid dienone is 4. The Balaban J connectivity index is 5.27. The standard InChI is InChI=1S/C75H142O17P2/c1-5-9-13-17-21-25-29-32-34-37-41-44-48-52-56-60-73(78)86-66-71(92-75(80)62-58-54-50-46-42-38-35-33-30-26-22-18-14-10-6-2)68-90-94(83,84)88-64-69(76)63-87-93(81,82)89-67-70(91-74(79)61-57-53-49-45-39-28-24-20-16-12-8-4)65-85-72(77)59-55-51-47-43-40-36-31-27-23-19-15-11-7-3/h20,24,27,31,69-71,76H,5-19,21-23,25-26,28-30,32-68H2,1-4H3,(H,81,82)(H,83,84)/b24-20-,31-27-. The fourth-order valence-electron chi connectivity index (χ4n) is 11.0. The summed E-state index contributed by atoms with van der Waals surface area (Å²) in [6.07, 6.45) is 61.7. The van der Waals surface area contributed by atoms with E-state index >= 15 is 0 Å². The lowest BCUT2D eigenvalue weighted by Gasteiger charge is -2.21. The van der Waals surface area contributed by atoms with E-state index in [9.17, 15) is 43.2 Å². The highest BCUT2D eigenvalue weighted by Gasteiger charge is 2.30. The van der Waals surface area contributed by atoms with E-state index < -0.39 is 97.5 Å². The second-order valence-electron chi connectivity index (χ2n) is 26.3. The van der Waals surface area contributed by atoms with Crippen LogP contribution in [0.25, 0.3) is 0 Å². The predicted octanol–water partition coefficient (Wildman–Crippen LogP) is 21.8. The number of carbonyl (C=O) groups excluding carboxylic acids is 4. The first kappa shape index (κ1) is 91.5. The summed E-state index contributed by atoms with van der Waals surface area (Å²) in [4.78, 5) is 72.7. The van der Waals surface area contributed by atoms with Gasteiger partial charge in [-0.1, -0.05) is 302 Å². The fraction of sp³-hybridized carbons (Fsp3) is 0.893. The van der Waals surface area contributed by atoms with Crippen LogP contribution >= 0.6 is 15.6 Å². The van der Waals surface area contributed by atoms with Crippen molar-refractivity contribution in [2.75, 3.05) is 39.6 Å². The Labute approximate surface area is 573 Å². The Kier molecular flexibility index (Phi) is 67.2. The summed E-state index contributed by atoms with van der Waals surface area (Å²) >= 11 is 0. The smallest absolute Gasteiger partial charge is 0.462 e. The lowest BCUT2D eigenvalue weighted by atomic mass is 10.0. The van der Waals surface area contributed by atoms with E-state index in [-0.39, 0.29) is 25.7 Å². The molecule has 5 unspecified atom stereocenters. The molecule has 554 valence electrons. The average Bonchev–Trinajstić information content (AvgIpc) is 1.36. The van der Waals surface area contributed by atoms with Crippen molar-refractivity contribution in [2.45, 2.75) is 393 Å². The maximum Gasteiger partial charge on any atom is 0.472 e. The molecule has 0 saturated heterocycles. The molecule has 0 aliphatic rings. The first-order valence-corrected chi connectivity index (χ1v) is 41.6. The third-order valence-electron chi connectivity index (χ3n) is 16.9. The van der Waals surface area contributed by atoms with Crippen molar-refractivity contribution in [1.29, 1.82) is 0 Å². The van der Waals surface area contributed by atoms with E-state index in [0.29, 0.717) is 25.7 Å². The van der Waals surface area contributed by atoms with Gasteiger partial charge in [0.15, 0.2) is 12.2 Å². The largest absolute Gasteiger partial charge is 0.472 e. The highest BCUT2D eigenvalue weighted by atomic mass is 31.2. The maximum atomic E-state index is 13.1. The van der Waals surface area contributed by atoms with E-state index in [1.54, 1.807) is 0 Å². The number of aliphatic hydroxyl groups excluding tert-OH is 1. The fourth-order valence-corrected chi connectivity index (χ4v) is 12.5. The van der Waals surface area contributed by atoms with Gasteiger partial charge in [0.2, 0.25) is 0 Å². The second-order valence-corrected chi connectivity index (χ2v) is 29.2. The lowest BCUT2D eigenvalue weighted by Crippen LogP contribution is -2.30. The molecular formula is C75H142O17P2. The van der Waals surface area contributed by atoms with Crippen LogP contribution in [0.2, 0.25) is 0 Å². The van der Waals surface area contributed by atoms with Gasteiger partial charge in [-0.15, -0.1) is 0 Å². The van der Waals surface area contributed by atoms with Crippen LogP contribution < -0.4 is 0 Å². The van der Waals surface area contributed by atoms with Crippen molar-refractivity contribution in [2.24, 2.45) is 0 Å². The third-order valence-corrected chi connectivity index (χ3v) is 18.8. The first-order chi connectivity index (χ1) is 45.7. The number of phosphoric acid groups is 2. The van der Waals surface area contributed by atoms with Crippen molar-refractivity contribution in [1.82, 2.24) is 0 Å². The molecule has 0 saturated carbocycles. The number of esters is 4. The molecule has 17 nitrogen and oxygen atoms in total. The molecule has 0 fully saturated rings. The summed E-state index contributed by atoms with van der Waals surface area (Å²) in [6, 6.07) is 0. The highest BCUT2D eigenvalue weighted by Crippen LogP contribution is 2.45. The minimum Gasteiger partial charge on any atom is -0.462 e. The highest BCUT2D eigenvalue weighted by molar-refractivity contribution is 7.47. The Morgan fingerprint density at radius 2 is 0.500 bits per heavy atom. The van der Waals surface area contributed by atoms with Gasteiger partial charge in [0.25, 0.3) is 0 Å². The van der Waals surface area contributed by atoms with Crippen molar-refractivity contribution in [3.63, 3.8) is 0 Å². The molecule has 0 rings (SSSR count). The van der Waals surface area contributed by atoms with Gasteiger partial charge in [0.05, 0.1) is 26.4 Å². The molecule has 94 heavy (non-hydrogen) atoms. The zero-order valence-electron chi connectivity index (χ0n) is 60.4. The zero-order chi connectivity index (χ0) is 69.0. The Morgan fingerprint density at radius 3 is 0.777 bits per heavy atom. The summed E-state index contributed by atoms with van der Waals surface area (Å²) in [5, 5.41) is 10.6. The molecule has 0 aromatic rings. The monoisotopic (exact) mass is 1380 g/mol. The Morgan fingerprint density at radius 1 is 0.287 bits per heavy atom. The average molecular weight is 1380 g/mol. The third kappa shape index (κ3) is 68.1. The van der Waals surface area contributed by atoms with Gasteiger partial charge in [0, 0.05) is 25.7 Å². The molecular weight excluding hydrogens is 1230 g/mol. The number of hydrogen-bond donors (Lipinski definition) is 3. The van der Waals surface area contributed by atoms with E-state index in [1.165, 1.54) is 173 Å². The Hall–Kier alpha value is -2.46. The quantitative estimate of drug-likeness (QED) is 0.0169. The summed E-state index contributed by atoms with van der Waals surface area (Å²) in [5.74, 6) is -2.15. The van der Waals surface area contributed by atoms with Crippen LogP contribution in [-0.2, 0) is 65.4 Å². The molecule has 0 spiro atoms. The number of hydrogen-bond acceptors (Lipinski definition) is 15. The first-order valence-electron chi connectivity index (χ1n) is 38.6. The minimum atomic E-state index is -4.96. The normalized spacial score (nSPS) is 14.1. The molecule has 0 aromatic heterocycles. The molecule has 3 N–H and O–H groups in total. The van der Waals surface area contributed by atoms with Gasteiger partial charge in [-0.05, 0) is 70.6 Å². The van der Waals surface area contributed by atoms with Gasteiger partial charge in [-0.3, -0.25) is 37.3 Å². The molecule has 19 heteroatoms. The van der Waals surface area contributed by atoms with Crippen molar-refractivity contribution < 1.29 is 80.2 Å². The molecule has 0 aliphatic heterocycles. The number of aliphatic hydroxyl groups is 1. The lowest BCUT2D eigenvalue weighted by molar-refractivity contribution is -0.161. The van der Waals surface area contributed by atoms with Crippen LogP contribution in [0.5, 0.6) is 0 Å². The minimum absolute atomic E-state index is 0.0898. The predicted molar refractivity (Wildman–Crippen MR) is 381 cm³/mol. The molecule has 5 atom stereocenters. The molecule has 0 heterocycles. The second kappa shape index (κ2) is 69.0. The molecule has 0 amide bonds. The van der Waals surface area contributed by atoms with E-state index in [4.69, 9.17) is 37.0 Å². The molecule has 0 aliphatic carbocycles. The van der Waals surface area contributed by atoms with E-state index in [0.717, 1.165) is 122 Å². The molecule has 0 radical (unpaired) electrons. The Bertz CT molecular complexity index is 1880. The van der Waals surface area contributed by atoms with Crippen LogP contribution in [0.1, 0.15) is 374 Å². The van der Waals surface area contributed by atoms with Crippen LogP contribution in [-0.4, -0.2) is 96.7 Å². The van der Waals surface area contributed by atoms with E-state index in [1.807, 2.05) is 0 Å². The van der Waals surface area contributed by atoms with Crippen molar-refractivity contribution in [3.8, 4) is 0 Å². The number of carbonyl (C=O) groups is 4. The van der Waals surface area contributed by atoms with Gasteiger partial charge in [-0.25, -0.2) is 9.13 Å². The number of unbranched alkanes of at least 4 members (excludes halogenated alkanes) is 44. The van der Waals surface area contributed by atoms with Crippen molar-refractivity contribution in [3.05, 3.63) is 24.3 Å². The maximum absolute atomic E-state index is 13.1. The van der Waals surface area contributed by atoms with E-state index in [2.05, 4.69) is 52.0 Å². The number of phosphoric ester groups is 2. The van der Waals surface area contributed by atoms with Gasteiger partial charge in [-0.2, -0.15) is 0 Å².